The zero-order chi connectivity index (χ0) is 22.1. The van der Waals surface area contributed by atoms with Gasteiger partial charge in [-0.15, -0.1) is 0 Å². The molecule has 1 fully saturated rings. The second kappa shape index (κ2) is 8.51. The van der Waals surface area contributed by atoms with Gasteiger partial charge in [-0.2, -0.15) is 0 Å². The minimum Gasteiger partial charge on any atom is -0.454 e. The van der Waals surface area contributed by atoms with Crippen LogP contribution in [0.3, 0.4) is 0 Å². The molecule has 1 saturated heterocycles. The predicted octanol–water partition coefficient (Wildman–Crippen LogP) is 3.75. The fourth-order valence-electron chi connectivity index (χ4n) is 4.08. The standard InChI is InChI=1S/C23H22N4O4S/c28-21(25-16-6-7-19-20(12-16)31-14-30-19)15-8-10-26(11-9-15)22(29)18-13-24-23(32)27(18)17-4-2-1-3-5-17/h1-7,12-13,15H,8-11,14H2,(H,24,32)(H,25,28). The Kier molecular flexibility index (Phi) is 5.40. The van der Waals surface area contributed by atoms with Gasteiger partial charge in [0.1, 0.15) is 5.69 Å². The highest BCUT2D eigenvalue weighted by molar-refractivity contribution is 7.71. The van der Waals surface area contributed by atoms with E-state index in [2.05, 4.69) is 10.3 Å². The molecule has 0 atom stereocenters. The highest BCUT2D eigenvalue weighted by Crippen LogP contribution is 2.34. The smallest absolute Gasteiger partial charge is 0.272 e. The highest BCUT2D eigenvalue weighted by Gasteiger charge is 2.29. The van der Waals surface area contributed by atoms with Crippen molar-refractivity contribution in [2.24, 2.45) is 5.92 Å². The zero-order valence-electron chi connectivity index (χ0n) is 17.2. The molecule has 9 heteroatoms. The molecular weight excluding hydrogens is 428 g/mol. The lowest BCUT2D eigenvalue weighted by molar-refractivity contribution is -0.121. The third-order valence-corrected chi connectivity index (χ3v) is 6.10. The number of fused-ring (bicyclic) bond motifs is 1. The molecule has 3 aromatic rings. The molecule has 2 aromatic carbocycles. The van der Waals surface area contributed by atoms with E-state index >= 15 is 0 Å². The largest absolute Gasteiger partial charge is 0.454 e. The molecule has 1 aromatic heterocycles. The summed E-state index contributed by atoms with van der Waals surface area (Å²) < 4.78 is 12.9. The van der Waals surface area contributed by atoms with E-state index in [1.807, 2.05) is 30.3 Å². The average Bonchev–Trinajstić information content (AvgIpc) is 3.45. The van der Waals surface area contributed by atoms with Crippen LogP contribution in [0.5, 0.6) is 11.5 Å². The number of hydrogen-bond donors (Lipinski definition) is 2. The third kappa shape index (κ3) is 3.87. The summed E-state index contributed by atoms with van der Waals surface area (Å²) in [5.41, 5.74) is 2.00. The van der Waals surface area contributed by atoms with Crippen LogP contribution in [0.1, 0.15) is 23.3 Å². The van der Waals surface area contributed by atoms with Crippen LogP contribution in [-0.2, 0) is 4.79 Å². The van der Waals surface area contributed by atoms with Crippen LogP contribution in [0, 0.1) is 10.7 Å². The summed E-state index contributed by atoms with van der Waals surface area (Å²) in [5, 5.41) is 2.95. The lowest BCUT2D eigenvalue weighted by Gasteiger charge is -2.31. The van der Waals surface area contributed by atoms with E-state index in [0.717, 1.165) is 5.69 Å². The molecule has 0 aliphatic carbocycles. The number of benzene rings is 2. The number of carbonyl (C=O) groups excluding carboxylic acids is 2. The summed E-state index contributed by atoms with van der Waals surface area (Å²) in [6.07, 6.45) is 2.84. The molecule has 2 amide bonds. The molecule has 8 nitrogen and oxygen atoms in total. The van der Waals surface area contributed by atoms with E-state index in [9.17, 15) is 9.59 Å². The minimum atomic E-state index is -0.161. The second-order valence-electron chi connectivity index (χ2n) is 7.77. The van der Waals surface area contributed by atoms with Gasteiger partial charge < -0.3 is 24.7 Å². The molecule has 32 heavy (non-hydrogen) atoms. The fraction of sp³-hybridized carbons (Fsp3) is 0.261. The Labute approximate surface area is 189 Å². The van der Waals surface area contributed by atoms with Gasteiger partial charge in [0.15, 0.2) is 16.3 Å². The number of amides is 2. The normalized spacial score (nSPS) is 15.6. The quantitative estimate of drug-likeness (QED) is 0.591. The number of carbonyl (C=O) groups is 2. The summed E-state index contributed by atoms with van der Waals surface area (Å²) in [7, 11) is 0. The van der Waals surface area contributed by atoms with Gasteiger partial charge in [0.25, 0.3) is 5.91 Å². The number of H-pyrrole nitrogens is 1. The summed E-state index contributed by atoms with van der Waals surface area (Å²) in [5.74, 6) is 0.990. The minimum absolute atomic E-state index is 0.0511. The van der Waals surface area contributed by atoms with Crippen molar-refractivity contribution in [3.8, 4) is 17.2 Å². The van der Waals surface area contributed by atoms with Gasteiger partial charge in [-0.05, 0) is 49.3 Å². The molecule has 3 heterocycles. The molecule has 164 valence electrons. The van der Waals surface area contributed by atoms with E-state index in [0.29, 0.717) is 53.6 Å². The van der Waals surface area contributed by atoms with Gasteiger partial charge in [0, 0.05) is 42.6 Å². The highest BCUT2D eigenvalue weighted by atomic mass is 32.1. The number of anilines is 1. The van der Waals surface area contributed by atoms with E-state index < -0.39 is 0 Å². The van der Waals surface area contributed by atoms with Crippen LogP contribution in [0.25, 0.3) is 5.69 Å². The Morgan fingerprint density at radius 3 is 2.56 bits per heavy atom. The maximum Gasteiger partial charge on any atom is 0.272 e. The zero-order valence-corrected chi connectivity index (χ0v) is 18.1. The van der Waals surface area contributed by atoms with Gasteiger partial charge in [0.2, 0.25) is 12.7 Å². The first-order valence-corrected chi connectivity index (χ1v) is 10.9. The van der Waals surface area contributed by atoms with Crippen LogP contribution in [0.15, 0.2) is 54.7 Å². The van der Waals surface area contributed by atoms with E-state index in [1.165, 1.54) is 0 Å². The molecule has 2 aliphatic rings. The van der Waals surface area contributed by atoms with Crippen LogP contribution in [0.2, 0.25) is 0 Å². The summed E-state index contributed by atoms with van der Waals surface area (Å²) in [6.45, 7) is 1.20. The Bertz CT molecular complexity index is 1210. The molecule has 0 unspecified atom stereocenters. The van der Waals surface area contributed by atoms with Gasteiger partial charge >= 0.3 is 0 Å². The number of nitrogens with zero attached hydrogens (tertiary/aromatic N) is 2. The van der Waals surface area contributed by atoms with E-state index in [4.69, 9.17) is 21.7 Å². The fourth-order valence-corrected chi connectivity index (χ4v) is 4.35. The van der Waals surface area contributed by atoms with Crippen molar-refractivity contribution in [3.63, 3.8) is 0 Å². The number of hydrogen-bond acceptors (Lipinski definition) is 5. The van der Waals surface area contributed by atoms with Crippen LogP contribution >= 0.6 is 12.2 Å². The Morgan fingerprint density at radius 1 is 1.03 bits per heavy atom. The molecule has 0 radical (unpaired) electrons. The number of aromatic amines is 1. The summed E-state index contributed by atoms with van der Waals surface area (Å²) in [6, 6.07) is 14.9. The molecule has 0 saturated carbocycles. The number of likely N-dealkylation sites (tertiary alicyclic amines) is 1. The lowest BCUT2D eigenvalue weighted by atomic mass is 9.95. The first kappa shape index (κ1) is 20.3. The van der Waals surface area contributed by atoms with Crippen LogP contribution in [0.4, 0.5) is 5.69 Å². The van der Waals surface area contributed by atoms with Gasteiger partial charge in [0.05, 0.1) is 0 Å². The lowest BCUT2D eigenvalue weighted by Crippen LogP contribution is -2.42. The second-order valence-corrected chi connectivity index (χ2v) is 8.16. The molecule has 0 spiro atoms. The van der Waals surface area contributed by atoms with Crippen molar-refractivity contribution in [1.29, 1.82) is 0 Å². The monoisotopic (exact) mass is 450 g/mol. The van der Waals surface area contributed by atoms with Crippen molar-refractivity contribution in [1.82, 2.24) is 14.5 Å². The van der Waals surface area contributed by atoms with E-state index in [1.54, 1.807) is 33.9 Å². The number of aromatic nitrogens is 2. The van der Waals surface area contributed by atoms with Crippen LogP contribution < -0.4 is 14.8 Å². The molecule has 2 N–H and O–H groups in total. The van der Waals surface area contributed by atoms with Gasteiger partial charge in [-0.1, -0.05) is 18.2 Å². The third-order valence-electron chi connectivity index (χ3n) is 5.80. The average molecular weight is 451 g/mol. The van der Waals surface area contributed by atoms with Crippen LogP contribution in [-0.4, -0.2) is 46.1 Å². The SMILES string of the molecule is O=C(Nc1ccc2c(c1)OCO2)C1CCN(C(=O)c2c[nH]c(=S)n2-c2ccccc2)CC1. The number of rotatable bonds is 4. The maximum atomic E-state index is 13.2. The summed E-state index contributed by atoms with van der Waals surface area (Å²) in [4.78, 5) is 30.7. The number of piperidine rings is 1. The first-order valence-electron chi connectivity index (χ1n) is 10.5. The van der Waals surface area contributed by atoms with Gasteiger partial charge in [-0.3, -0.25) is 14.2 Å². The number of ether oxygens (including phenoxy) is 2. The Morgan fingerprint density at radius 2 is 1.78 bits per heavy atom. The Hall–Kier alpha value is -3.59. The van der Waals surface area contributed by atoms with Crippen molar-refractivity contribution in [2.75, 3.05) is 25.2 Å². The van der Waals surface area contributed by atoms with Gasteiger partial charge in [-0.25, -0.2) is 0 Å². The predicted molar refractivity (Wildman–Crippen MR) is 121 cm³/mol. The first-order chi connectivity index (χ1) is 15.6. The van der Waals surface area contributed by atoms with Crippen molar-refractivity contribution in [2.45, 2.75) is 12.8 Å². The Balaban J connectivity index is 1.23. The van der Waals surface area contributed by atoms with Crippen molar-refractivity contribution >= 4 is 29.7 Å². The maximum absolute atomic E-state index is 13.2. The van der Waals surface area contributed by atoms with Crippen molar-refractivity contribution in [3.05, 3.63) is 65.2 Å². The van der Waals surface area contributed by atoms with E-state index in [-0.39, 0.29) is 24.5 Å². The number of para-hydroxylation sites is 1. The van der Waals surface area contributed by atoms with Crippen molar-refractivity contribution < 1.29 is 19.1 Å². The number of nitrogens with one attached hydrogen (secondary N) is 2. The molecule has 0 bridgehead atoms. The summed E-state index contributed by atoms with van der Waals surface area (Å²) >= 11 is 5.39. The molecule has 5 rings (SSSR count). The number of imidazole rings is 1. The topological polar surface area (TPSA) is 88.6 Å². The molecular formula is C23H22N4O4S. The molecule has 2 aliphatic heterocycles.